The van der Waals surface area contributed by atoms with Gasteiger partial charge in [0.15, 0.2) is 0 Å². The normalized spacial score (nSPS) is 19.9. The van der Waals surface area contributed by atoms with Gasteiger partial charge in [0, 0.05) is 6.54 Å². The lowest BCUT2D eigenvalue weighted by Crippen LogP contribution is -2.40. The Bertz CT molecular complexity index is 188. The second kappa shape index (κ2) is 6.83. The summed E-state index contributed by atoms with van der Waals surface area (Å²) in [5.41, 5.74) is 5.62. The number of hydrogen-bond acceptors (Lipinski definition) is 2. The van der Waals surface area contributed by atoms with E-state index in [1.54, 1.807) is 0 Å². The van der Waals surface area contributed by atoms with Crippen molar-refractivity contribution in [3.63, 3.8) is 0 Å². The molecule has 0 heterocycles. The minimum Gasteiger partial charge on any atom is -0.355 e. The van der Waals surface area contributed by atoms with E-state index in [9.17, 15) is 4.79 Å². The van der Waals surface area contributed by atoms with Gasteiger partial charge >= 0.3 is 0 Å². The van der Waals surface area contributed by atoms with Gasteiger partial charge < -0.3 is 11.1 Å². The average Bonchev–Trinajstić information content (AvgIpc) is 2.29. The molecule has 1 amide bonds. The average molecular weight is 212 g/mol. The monoisotopic (exact) mass is 212 g/mol. The highest BCUT2D eigenvalue weighted by molar-refractivity contribution is 5.81. The largest absolute Gasteiger partial charge is 0.355 e. The maximum atomic E-state index is 11.4. The molecule has 1 fully saturated rings. The van der Waals surface area contributed by atoms with E-state index < -0.39 is 0 Å². The zero-order valence-electron chi connectivity index (χ0n) is 9.80. The predicted octanol–water partition coefficient (Wildman–Crippen LogP) is 1.81. The molecule has 15 heavy (non-hydrogen) atoms. The zero-order valence-corrected chi connectivity index (χ0v) is 9.80. The first-order valence-electron chi connectivity index (χ1n) is 6.27. The molecule has 3 N–H and O–H groups in total. The zero-order chi connectivity index (χ0) is 11.1. The Morgan fingerprint density at radius 2 is 2.07 bits per heavy atom. The topological polar surface area (TPSA) is 55.1 Å². The number of carbonyl (C=O) groups excluding carboxylic acids is 1. The van der Waals surface area contributed by atoms with Gasteiger partial charge in [-0.1, -0.05) is 39.0 Å². The van der Waals surface area contributed by atoms with Gasteiger partial charge in [-0.3, -0.25) is 4.79 Å². The summed E-state index contributed by atoms with van der Waals surface area (Å²) in [4.78, 5) is 11.4. The third-order valence-corrected chi connectivity index (χ3v) is 3.35. The quantitative estimate of drug-likeness (QED) is 0.730. The van der Waals surface area contributed by atoms with Crippen LogP contribution >= 0.6 is 0 Å². The van der Waals surface area contributed by atoms with Crippen molar-refractivity contribution >= 4 is 5.91 Å². The molecule has 0 radical (unpaired) electrons. The van der Waals surface area contributed by atoms with Crippen LogP contribution in [0.3, 0.4) is 0 Å². The van der Waals surface area contributed by atoms with Crippen LogP contribution in [0.15, 0.2) is 0 Å². The molecule has 0 aliphatic heterocycles. The van der Waals surface area contributed by atoms with Crippen LogP contribution in [0.2, 0.25) is 0 Å². The number of carbonyl (C=O) groups is 1. The standard InChI is InChI=1S/C12H24N2O/c1-2-11(13)12(15)14-9-8-10-6-4-3-5-7-10/h10-11H,2-9,13H2,1H3,(H,14,15)/t11-/m1/s1. The molecule has 3 heteroatoms. The first kappa shape index (κ1) is 12.5. The van der Waals surface area contributed by atoms with Crippen molar-refractivity contribution in [2.45, 2.75) is 57.9 Å². The molecule has 1 aliphatic carbocycles. The smallest absolute Gasteiger partial charge is 0.236 e. The Kier molecular flexibility index (Phi) is 5.69. The SMILES string of the molecule is CC[C@@H](N)C(=O)NCCC1CCCCC1. The second-order valence-electron chi connectivity index (χ2n) is 4.60. The third-order valence-electron chi connectivity index (χ3n) is 3.35. The summed E-state index contributed by atoms with van der Waals surface area (Å²) >= 11 is 0. The Labute approximate surface area is 92.8 Å². The van der Waals surface area contributed by atoms with Gasteiger partial charge in [0.2, 0.25) is 5.91 Å². The van der Waals surface area contributed by atoms with Gasteiger partial charge in [0.1, 0.15) is 0 Å². The van der Waals surface area contributed by atoms with E-state index in [1.807, 2.05) is 6.92 Å². The van der Waals surface area contributed by atoms with E-state index in [0.29, 0.717) is 0 Å². The summed E-state index contributed by atoms with van der Waals surface area (Å²) in [6.45, 7) is 2.74. The number of hydrogen-bond donors (Lipinski definition) is 2. The molecule has 1 rings (SSSR count). The van der Waals surface area contributed by atoms with Crippen molar-refractivity contribution in [3.05, 3.63) is 0 Å². The second-order valence-corrected chi connectivity index (χ2v) is 4.60. The Morgan fingerprint density at radius 1 is 1.40 bits per heavy atom. The van der Waals surface area contributed by atoms with E-state index in [-0.39, 0.29) is 11.9 Å². The number of rotatable bonds is 5. The van der Waals surface area contributed by atoms with Crippen LogP contribution in [0.1, 0.15) is 51.9 Å². The summed E-state index contributed by atoms with van der Waals surface area (Å²) in [5.74, 6) is 0.838. The molecule has 0 aromatic heterocycles. The molecule has 0 bridgehead atoms. The molecule has 0 saturated heterocycles. The van der Waals surface area contributed by atoms with Crippen LogP contribution in [0.4, 0.5) is 0 Å². The van der Waals surface area contributed by atoms with E-state index in [4.69, 9.17) is 5.73 Å². The first-order valence-corrected chi connectivity index (χ1v) is 6.27. The summed E-state index contributed by atoms with van der Waals surface area (Å²) in [6, 6.07) is -0.323. The third kappa shape index (κ3) is 4.65. The molecule has 0 spiro atoms. The van der Waals surface area contributed by atoms with Crippen molar-refractivity contribution in [3.8, 4) is 0 Å². The minimum atomic E-state index is -0.323. The van der Waals surface area contributed by atoms with E-state index >= 15 is 0 Å². The molecule has 88 valence electrons. The molecule has 0 aromatic rings. The molecule has 0 unspecified atom stereocenters. The summed E-state index contributed by atoms with van der Waals surface area (Å²) < 4.78 is 0. The van der Waals surface area contributed by atoms with Gasteiger partial charge in [0.05, 0.1) is 6.04 Å². The molecule has 3 nitrogen and oxygen atoms in total. The minimum absolute atomic E-state index is 0.00769. The molecule has 1 aliphatic rings. The van der Waals surface area contributed by atoms with Gasteiger partial charge in [-0.25, -0.2) is 0 Å². The highest BCUT2D eigenvalue weighted by atomic mass is 16.2. The summed E-state index contributed by atoms with van der Waals surface area (Å²) in [7, 11) is 0. The van der Waals surface area contributed by atoms with Gasteiger partial charge in [0.25, 0.3) is 0 Å². The number of nitrogens with one attached hydrogen (secondary N) is 1. The van der Waals surface area contributed by atoms with Crippen molar-refractivity contribution in [1.29, 1.82) is 0 Å². The van der Waals surface area contributed by atoms with Gasteiger partial charge in [-0.05, 0) is 18.8 Å². The highest BCUT2D eigenvalue weighted by Crippen LogP contribution is 2.25. The van der Waals surface area contributed by atoms with Crippen LogP contribution in [0.25, 0.3) is 0 Å². The molecule has 1 atom stereocenters. The van der Waals surface area contributed by atoms with Crippen molar-refractivity contribution in [2.75, 3.05) is 6.54 Å². The fourth-order valence-electron chi connectivity index (χ4n) is 2.19. The molecular formula is C12H24N2O. The van der Waals surface area contributed by atoms with E-state index in [0.717, 1.165) is 25.3 Å². The highest BCUT2D eigenvalue weighted by Gasteiger charge is 2.14. The first-order chi connectivity index (χ1) is 7.24. The lowest BCUT2D eigenvalue weighted by molar-refractivity contribution is -0.122. The fraction of sp³-hybridized carbons (Fsp3) is 0.917. The van der Waals surface area contributed by atoms with Crippen LogP contribution in [-0.2, 0) is 4.79 Å². The number of amides is 1. The Balaban J connectivity index is 2.07. The van der Waals surface area contributed by atoms with Crippen molar-refractivity contribution in [1.82, 2.24) is 5.32 Å². The Morgan fingerprint density at radius 3 is 2.67 bits per heavy atom. The van der Waals surface area contributed by atoms with Crippen LogP contribution < -0.4 is 11.1 Å². The van der Waals surface area contributed by atoms with Gasteiger partial charge in [-0.2, -0.15) is 0 Å². The van der Waals surface area contributed by atoms with Crippen LogP contribution in [0.5, 0.6) is 0 Å². The predicted molar refractivity (Wildman–Crippen MR) is 62.5 cm³/mol. The van der Waals surface area contributed by atoms with Crippen molar-refractivity contribution < 1.29 is 4.79 Å². The molecule has 1 saturated carbocycles. The van der Waals surface area contributed by atoms with Crippen molar-refractivity contribution in [2.24, 2.45) is 11.7 Å². The fourth-order valence-corrected chi connectivity index (χ4v) is 2.19. The maximum Gasteiger partial charge on any atom is 0.236 e. The molecular weight excluding hydrogens is 188 g/mol. The lowest BCUT2D eigenvalue weighted by atomic mass is 9.87. The molecule has 0 aromatic carbocycles. The van der Waals surface area contributed by atoms with E-state index in [2.05, 4.69) is 5.32 Å². The van der Waals surface area contributed by atoms with E-state index in [1.165, 1.54) is 32.1 Å². The maximum absolute atomic E-state index is 11.4. The number of nitrogens with two attached hydrogens (primary N) is 1. The lowest BCUT2D eigenvalue weighted by Gasteiger charge is -2.21. The van der Waals surface area contributed by atoms with Gasteiger partial charge in [-0.15, -0.1) is 0 Å². The summed E-state index contributed by atoms with van der Waals surface area (Å²) in [6.07, 6.45) is 8.66. The Hall–Kier alpha value is -0.570. The van der Waals surface area contributed by atoms with Crippen LogP contribution in [-0.4, -0.2) is 18.5 Å². The summed E-state index contributed by atoms with van der Waals surface area (Å²) in [5, 5.41) is 2.92. The van der Waals surface area contributed by atoms with Crippen LogP contribution in [0, 0.1) is 5.92 Å².